The molecule has 0 saturated heterocycles. The summed E-state index contributed by atoms with van der Waals surface area (Å²) in [6.45, 7) is 5.39. The maximum Gasteiger partial charge on any atom is 0.341 e. The third-order valence-corrected chi connectivity index (χ3v) is 9.69. The third-order valence-electron chi connectivity index (χ3n) is 8.73. The zero-order valence-corrected chi connectivity index (χ0v) is 31.8. The lowest BCUT2D eigenvalue weighted by molar-refractivity contribution is 0.0597. The molecule has 9 heteroatoms. The Balaban J connectivity index is 1.16. The Bertz CT molecular complexity index is 2100. The Hall–Kier alpha value is -5.67. The number of hydrogen-bond donors (Lipinski definition) is 1. The van der Waals surface area contributed by atoms with Crippen molar-refractivity contribution in [1.82, 2.24) is 9.97 Å². The van der Waals surface area contributed by atoms with Crippen molar-refractivity contribution in [2.75, 3.05) is 20.3 Å². The summed E-state index contributed by atoms with van der Waals surface area (Å²) in [7, 11) is 1.36. The van der Waals surface area contributed by atoms with Gasteiger partial charge >= 0.3 is 5.97 Å². The zero-order chi connectivity index (χ0) is 37.5. The maximum atomic E-state index is 12.7. The van der Waals surface area contributed by atoms with Crippen molar-refractivity contribution in [2.24, 2.45) is 0 Å². The smallest absolute Gasteiger partial charge is 0.341 e. The fourth-order valence-electron chi connectivity index (χ4n) is 5.94. The van der Waals surface area contributed by atoms with E-state index in [0.29, 0.717) is 54.8 Å². The van der Waals surface area contributed by atoms with Gasteiger partial charge in [0.15, 0.2) is 16.7 Å². The zero-order valence-electron chi connectivity index (χ0n) is 31.0. The molecule has 0 aliphatic rings. The number of carbonyl (C=O) groups excluding carboxylic acids is 1. The van der Waals surface area contributed by atoms with E-state index in [2.05, 4.69) is 54.1 Å². The van der Waals surface area contributed by atoms with Crippen LogP contribution in [0.5, 0.6) is 28.7 Å². The molecule has 54 heavy (non-hydrogen) atoms. The Labute approximate surface area is 321 Å². The van der Waals surface area contributed by atoms with Crippen LogP contribution >= 0.6 is 11.8 Å². The Morgan fingerprint density at radius 1 is 0.722 bits per heavy atom. The number of H-pyrrole nitrogens is 1. The minimum atomic E-state index is -0.495. The number of aryl methyl sites for hydroxylation is 2. The van der Waals surface area contributed by atoms with Crippen LogP contribution in [0.4, 0.5) is 0 Å². The number of nitrogens with one attached hydrogen (secondary N) is 1. The number of aromatic amines is 1. The second-order valence-corrected chi connectivity index (χ2v) is 13.6. The van der Waals surface area contributed by atoms with Crippen molar-refractivity contribution in [3.8, 4) is 40.0 Å². The molecule has 0 saturated carbocycles. The number of thioether (sulfide) groups is 1. The van der Waals surface area contributed by atoms with E-state index in [4.69, 9.17) is 23.7 Å². The Morgan fingerprint density at radius 3 is 2.17 bits per heavy atom. The monoisotopic (exact) mass is 742 g/mol. The second-order valence-electron chi connectivity index (χ2n) is 12.6. The molecule has 1 N–H and O–H groups in total. The van der Waals surface area contributed by atoms with Gasteiger partial charge in [0.1, 0.15) is 29.4 Å². The van der Waals surface area contributed by atoms with Gasteiger partial charge < -0.3 is 28.7 Å². The summed E-state index contributed by atoms with van der Waals surface area (Å²) >= 11 is 1.66. The predicted octanol–water partition coefficient (Wildman–Crippen LogP) is 10.9. The lowest BCUT2D eigenvalue weighted by Gasteiger charge is -2.18. The summed E-state index contributed by atoms with van der Waals surface area (Å²) < 4.78 is 30.5. The summed E-state index contributed by atoms with van der Waals surface area (Å²) in [5.74, 6) is 3.26. The van der Waals surface area contributed by atoms with Crippen molar-refractivity contribution in [1.29, 1.82) is 0 Å². The van der Waals surface area contributed by atoms with Crippen LogP contribution in [-0.2, 0) is 29.9 Å². The first kappa shape index (κ1) is 38.1. The van der Waals surface area contributed by atoms with Gasteiger partial charge in [-0.3, -0.25) is 0 Å². The molecule has 0 spiro atoms. The first-order valence-electron chi connectivity index (χ1n) is 18.3. The van der Waals surface area contributed by atoms with Crippen LogP contribution in [0.15, 0.2) is 127 Å². The number of methoxy groups -OCH3 is 1. The summed E-state index contributed by atoms with van der Waals surface area (Å²) in [5, 5.41) is 0.845. The highest BCUT2D eigenvalue weighted by molar-refractivity contribution is 7.98. The molecular formula is C45H46N2O6S. The summed E-state index contributed by atoms with van der Waals surface area (Å²) in [4.78, 5) is 20.9. The second kappa shape index (κ2) is 19.4. The number of ether oxygens (including phenoxy) is 5. The molecule has 0 aliphatic carbocycles. The Morgan fingerprint density at radius 2 is 1.43 bits per heavy atom. The van der Waals surface area contributed by atoms with Gasteiger partial charge in [-0.05, 0) is 59.4 Å². The largest absolute Gasteiger partial charge is 0.493 e. The van der Waals surface area contributed by atoms with Gasteiger partial charge in [-0.25, -0.2) is 9.78 Å². The number of para-hydroxylation sites is 2. The molecular weight excluding hydrogens is 697 g/mol. The standard InChI is InChI=1S/C45H46N2O6S/c1-4-16-35-21-12-13-23-39(35)53-43-36(44(48)49-3)22-14-24-40(43)50-25-15-26-51-41-28-42(52-30-32-17-8-6-9-18-32)37(27-34(41)5-2)38-29-46-45(47-38)54-31-33-19-10-7-11-20-33/h6-14,17-24,27-29H,4-5,15-16,25-26,30-31H2,1-3H3,(H,46,47). The van der Waals surface area contributed by atoms with Crippen molar-refractivity contribution < 1.29 is 28.5 Å². The van der Waals surface area contributed by atoms with Crippen LogP contribution in [0, 0.1) is 0 Å². The van der Waals surface area contributed by atoms with Crippen molar-refractivity contribution in [3.63, 3.8) is 0 Å². The number of esters is 1. The van der Waals surface area contributed by atoms with Crippen molar-refractivity contribution in [2.45, 2.75) is 57.0 Å². The molecule has 1 aromatic heterocycles. The highest BCUT2D eigenvalue weighted by Crippen LogP contribution is 2.39. The van der Waals surface area contributed by atoms with Crippen LogP contribution in [0.2, 0.25) is 0 Å². The molecule has 1 heterocycles. The molecule has 6 rings (SSSR count). The number of nitrogens with zero attached hydrogens (tertiary/aromatic N) is 1. The molecule has 0 aliphatic heterocycles. The summed E-state index contributed by atoms with van der Waals surface area (Å²) in [6, 6.07) is 37.7. The minimum absolute atomic E-state index is 0.299. The van der Waals surface area contributed by atoms with Gasteiger partial charge in [-0.15, -0.1) is 0 Å². The normalized spacial score (nSPS) is 10.9. The summed E-state index contributed by atoms with van der Waals surface area (Å²) in [6.07, 6.45) is 5.03. The van der Waals surface area contributed by atoms with Crippen LogP contribution in [-0.4, -0.2) is 36.3 Å². The third kappa shape index (κ3) is 10.0. The maximum absolute atomic E-state index is 12.7. The molecule has 0 unspecified atom stereocenters. The van der Waals surface area contributed by atoms with E-state index in [1.165, 1.54) is 12.7 Å². The van der Waals surface area contributed by atoms with Crippen LogP contribution in [0.25, 0.3) is 11.3 Å². The summed E-state index contributed by atoms with van der Waals surface area (Å²) in [5.41, 5.74) is 6.53. The van der Waals surface area contributed by atoms with Crippen molar-refractivity contribution in [3.05, 3.63) is 149 Å². The van der Waals surface area contributed by atoms with Crippen molar-refractivity contribution >= 4 is 17.7 Å². The van der Waals surface area contributed by atoms with Crippen LogP contribution in [0.1, 0.15) is 59.3 Å². The first-order chi connectivity index (χ1) is 26.6. The average Bonchev–Trinajstić information content (AvgIpc) is 3.69. The van der Waals surface area contributed by atoms with E-state index >= 15 is 0 Å². The molecule has 0 bridgehead atoms. The van der Waals surface area contributed by atoms with E-state index in [1.807, 2.05) is 72.9 Å². The highest BCUT2D eigenvalue weighted by Gasteiger charge is 2.21. The molecule has 0 radical (unpaired) electrons. The number of aromatic nitrogens is 2. The number of carbonyl (C=O) groups is 1. The van der Waals surface area contributed by atoms with Gasteiger partial charge in [0, 0.05) is 23.8 Å². The fourth-order valence-corrected chi connectivity index (χ4v) is 6.74. The average molecular weight is 743 g/mol. The van der Waals surface area contributed by atoms with E-state index in [0.717, 1.165) is 63.9 Å². The molecule has 278 valence electrons. The van der Waals surface area contributed by atoms with Gasteiger partial charge in [0.05, 0.1) is 32.2 Å². The highest BCUT2D eigenvalue weighted by atomic mass is 32.2. The molecule has 8 nitrogen and oxygen atoms in total. The van der Waals surface area contributed by atoms with E-state index < -0.39 is 5.97 Å². The van der Waals surface area contributed by atoms with Crippen LogP contribution < -0.4 is 18.9 Å². The van der Waals surface area contributed by atoms with E-state index in [-0.39, 0.29) is 0 Å². The topological polar surface area (TPSA) is 91.9 Å². The fraction of sp³-hybridized carbons (Fsp3) is 0.244. The predicted molar refractivity (Wildman–Crippen MR) is 214 cm³/mol. The Kier molecular flexibility index (Phi) is 13.7. The molecule has 0 atom stereocenters. The van der Waals surface area contributed by atoms with Gasteiger partial charge in [0.25, 0.3) is 0 Å². The number of imidazole rings is 1. The molecule has 6 aromatic rings. The van der Waals surface area contributed by atoms with Crippen LogP contribution in [0.3, 0.4) is 0 Å². The van der Waals surface area contributed by atoms with Gasteiger partial charge in [-0.2, -0.15) is 0 Å². The van der Waals surface area contributed by atoms with Gasteiger partial charge in [0.2, 0.25) is 0 Å². The van der Waals surface area contributed by atoms with Gasteiger partial charge in [-0.1, -0.05) is 117 Å². The lowest BCUT2D eigenvalue weighted by Crippen LogP contribution is -2.09. The van der Waals surface area contributed by atoms with E-state index in [9.17, 15) is 4.79 Å². The first-order valence-corrected chi connectivity index (χ1v) is 19.3. The minimum Gasteiger partial charge on any atom is -0.493 e. The number of benzene rings is 5. The molecule has 5 aromatic carbocycles. The molecule has 0 fully saturated rings. The lowest BCUT2D eigenvalue weighted by atomic mass is 10.0. The SMILES string of the molecule is CCCc1ccccc1Oc1c(OCCCOc2cc(OCc3ccccc3)c(-c3cnc(SCc4ccccc4)[nH]3)cc2CC)cccc1C(=O)OC. The van der Waals surface area contributed by atoms with E-state index in [1.54, 1.807) is 30.0 Å². The number of rotatable bonds is 19. The molecule has 0 amide bonds. The number of hydrogen-bond acceptors (Lipinski definition) is 8. The quantitative estimate of drug-likeness (QED) is 0.0498.